The largest absolute Gasteiger partial charge is 0.481 e. The summed E-state index contributed by atoms with van der Waals surface area (Å²) >= 11 is 0. The molecule has 0 saturated heterocycles. The van der Waals surface area contributed by atoms with Crippen molar-refractivity contribution in [3.05, 3.63) is 64.7 Å². The lowest BCUT2D eigenvalue weighted by Gasteiger charge is -2.26. The molecule has 2 aromatic rings. The standard InChI is InChI=1S/C22H24N2O4/c1-14-4-3-5-15(10-14)11-18(22(27)28)13-23-21(26)17-6-8-19-16(12-17)7-9-20(25)24(19)2/h3-6,8,10,12,18H,7,9,11,13H2,1-2H3,(H,23,26)(H,27,28). The van der Waals surface area contributed by atoms with Gasteiger partial charge in [0.1, 0.15) is 0 Å². The first-order valence-corrected chi connectivity index (χ1v) is 9.31. The number of hydrogen-bond donors (Lipinski definition) is 2. The number of benzene rings is 2. The molecule has 1 unspecified atom stereocenters. The summed E-state index contributed by atoms with van der Waals surface area (Å²) in [7, 11) is 1.73. The number of nitrogens with one attached hydrogen (secondary N) is 1. The van der Waals surface area contributed by atoms with E-state index in [4.69, 9.17) is 0 Å². The van der Waals surface area contributed by atoms with Crippen LogP contribution in [0.2, 0.25) is 0 Å². The highest BCUT2D eigenvalue weighted by Gasteiger charge is 2.23. The number of carboxylic acids is 1. The van der Waals surface area contributed by atoms with E-state index in [1.165, 1.54) is 0 Å². The minimum absolute atomic E-state index is 0.0532. The molecule has 2 amide bonds. The normalized spacial score (nSPS) is 14.4. The highest BCUT2D eigenvalue weighted by molar-refractivity contribution is 5.99. The van der Waals surface area contributed by atoms with Gasteiger partial charge in [-0.25, -0.2) is 0 Å². The van der Waals surface area contributed by atoms with Gasteiger partial charge < -0.3 is 15.3 Å². The van der Waals surface area contributed by atoms with Crippen molar-refractivity contribution >= 4 is 23.5 Å². The third kappa shape index (κ3) is 4.39. The molecular formula is C22H24N2O4. The first-order chi connectivity index (χ1) is 13.3. The molecule has 0 saturated carbocycles. The molecule has 6 nitrogen and oxygen atoms in total. The molecule has 3 rings (SSSR count). The van der Waals surface area contributed by atoms with Crippen LogP contribution in [-0.2, 0) is 22.4 Å². The van der Waals surface area contributed by atoms with Gasteiger partial charge in [0.05, 0.1) is 5.92 Å². The predicted molar refractivity (Wildman–Crippen MR) is 107 cm³/mol. The molecule has 0 aliphatic carbocycles. The van der Waals surface area contributed by atoms with Crippen molar-refractivity contribution in [2.75, 3.05) is 18.5 Å². The Balaban J connectivity index is 1.66. The summed E-state index contributed by atoms with van der Waals surface area (Å²) in [6.07, 6.45) is 1.38. The number of anilines is 1. The summed E-state index contributed by atoms with van der Waals surface area (Å²) in [5.74, 6) is -1.89. The summed E-state index contributed by atoms with van der Waals surface area (Å²) in [6, 6.07) is 12.9. The Morgan fingerprint density at radius 3 is 2.68 bits per heavy atom. The van der Waals surface area contributed by atoms with Gasteiger partial charge in [-0.1, -0.05) is 29.8 Å². The first kappa shape index (κ1) is 19.6. The number of nitrogens with zero attached hydrogens (tertiary/aromatic N) is 1. The predicted octanol–water partition coefficient (Wildman–Crippen LogP) is 2.58. The fourth-order valence-corrected chi connectivity index (χ4v) is 3.49. The lowest BCUT2D eigenvalue weighted by Crippen LogP contribution is -2.34. The zero-order valence-corrected chi connectivity index (χ0v) is 16.1. The number of rotatable bonds is 6. The minimum atomic E-state index is -0.938. The van der Waals surface area contributed by atoms with Crippen LogP contribution in [0.3, 0.4) is 0 Å². The molecule has 2 N–H and O–H groups in total. The van der Waals surface area contributed by atoms with Gasteiger partial charge in [-0.2, -0.15) is 0 Å². The van der Waals surface area contributed by atoms with Crippen LogP contribution in [0.4, 0.5) is 5.69 Å². The Morgan fingerprint density at radius 1 is 1.18 bits per heavy atom. The number of aliphatic carboxylic acids is 1. The van der Waals surface area contributed by atoms with Gasteiger partial charge in [0.25, 0.3) is 5.91 Å². The Bertz CT molecular complexity index is 923. The molecule has 1 heterocycles. The van der Waals surface area contributed by atoms with Crippen LogP contribution in [0.1, 0.15) is 33.5 Å². The molecule has 0 aromatic heterocycles. The molecule has 0 spiro atoms. The van der Waals surface area contributed by atoms with Crippen LogP contribution in [0.5, 0.6) is 0 Å². The Hall–Kier alpha value is -3.15. The zero-order valence-electron chi connectivity index (χ0n) is 16.1. The molecule has 1 aliphatic rings. The number of carbonyl (C=O) groups excluding carboxylic acids is 2. The van der Waals surface area contributed by atoms with Crippen molar-refractivity contribution in [2.45, 2.75) is 26.2 Å². The smallest absolute Gasteiger partial charge is 0.308 e. The average molecular weight is 380 g/mol. The second-order valence-electron chi connectivity index (χ2n) is 7.23. The van der Waals surface area contributed by atoms with Gasteiger partial charge in [0.2, 0.25) is 5.91 Å². The summed E-state index contributed by atoms with van der Waals surface area (Å²) in [5.41, 5.74) is 4.24. The van der Waals surface area contributed by atoms with Gasteiger partial charge in [0, 0.05) is 31.3 Å². The van der Waals surface area contributed by atoms with Crippen molar-refractivity contribution in [2.24, 2.45) is 5.92 Å². The fourth-order valence-electron chi connectivity index (χ4n) is 3.49. The van der Waals surface area contributed by atoms with Crippen molar-refractivity contribution in [1.29, 1.82) is 0 Å². The number of amides is 2. The maximum atomic E-state index is 12.5. The number of aryl methyl sites for hydroxylation is 2. The van der Waals surface area contributed by atoms with E-state index in [0.717, 1.165) is 22.4 Å². The summed E-state index contributed by atoms with van der Waals surface area (Å²) in [5, 5.41) is 12.3. The lowest BCUT2D eigenvalue weighted by molar-refractivity contribution is -0.141. The minimum Gasteiger partial charge on any atom is -0.481 e. The molecule has 1 atom stereocenters. The van der Waals surface area contributed by atoms with E-state index in [1.54, 1.807) is 30.1 Å². The van der Waals surface area contributed by atoms with Gasteiger partial charge in [0.15, 0.2) is 0 Å². The number of carboxylic acid groups (broad SMARTS) is 1. The quantitative estimate of drug-likeness (QED) is 0.806. The number of hydrogen-bond acceptors (Lipinski definition) is 3. The third-order valence-corrected chi connectivity index (χ3v) is 5.11. The van der Waals surface area contributed by atoms with Crippen LogP contribution < -0.4 is 10.2 Å². The summed E-state index contributed by atoms with van der Waals surface area (Å²) < 4.78 is 0. The number of fused-ring (bicyclic) bond motifs is 1. The maximum absolute atomic E-state index is 12.5. The molecule has 0 bridgehead atoms. The van der Waals surface area contributed by atoms with Crippen molar-refractivity contribution in [3.63, 3.8) is 0 Å². The summed E-state index contributed by atoms with van der Waals surface area (Å²) in [6.45, 7) is 2.01. The Morgan fingerprint density at radius 2 is 1.96 bits per heavy atom. The molecule has 6 heteroatoms. The lowest BCUT2D eigenvalue weighted by atomic mass is 9.97. The van der Waals surface area contributed by atoms with Gasteiger partial charge in [-0.15, -0.1) is 0 Å². The highest BCUT2D eigenvalue weighted by atomic mass is 16.4. The molecule has 0 radical (unpaired) electrons. The first-order valence-electron chi connectivity index (χ1n) is 9.31. The van der Waals surface area contributed by atoms with Crippen LogP contribution in [0.25, 0.3) is 0 Å². The van der Waals surface area contributed by atoms with Crippen molar-refractivity contribution in [1.82, 2.24) is 5.32 Å². The molecule has 0 fully saturated rings. The van der Waals surface area contributed by atoms with E-state index in [9.17, 15) is 19.5 Å². The van der Waals surface area contributed by atoms with Gasteiger partial charge >= 0.3 is 5.97 Å². The Kier molecular flexibility index (Phi) is 5.78. The highest BCUT2D eigenvalue weighted by Crippen LogP contribution is 2.27. The van der Waals surface area contributed by atoms with Gasteiger partial charge in [-0.05, 0) is 49.1 Å². The van der Waals surface area contributed by atoms with E-state index in [-0.39, 0.29) is 18.4 Å². The fraction of sp³-hybridized carbons (Fsp3) is 0.318. The van der Waals surface area contributed by atoms with Gasteiger partial charge in [-0.3, -0.25) is 14.4 Å². The molecule has 146 valence electrons. The maximum Gasteiger partial charge on any atom is 0.308 e. The van der Waals surface area contributed by atoms with E-state index >= 15 is 0 Å². The topological polar surface area (TPSA) is 86.7 Å². The SMILES string of the molecule is Cc1cccc(CC(CNC(=O)c2ccc3c(c2)CCC(=O)N3C)C(=O)O)c1. The summed E-state index contributed by atoms with van der Waals surface area (Å²) in [4.78, 5) is 37.5. The van der Waals surface area contributed by atoms with Crippen LogP contribution in [0.15, 0.2) is 42.5 Å². The number of carbonyl (C=O) groups is 3. The van der Waals surface area contributed by atoms with Crippen LogP contribution in [0, 0.1) is 12.8 Å². The molecule has 2 aromatic carbocycles. The zero-order chi connectivity index (χ0) is 20.3. The third-order valence-electron chi connectivity index (χ3n) is 5.11. The average Bonchev–Trinajstić information content (AvgIpc) is 2.67. The van der Waals surface area contributed by atoms with Crippen LogP contribution >= 0.6 is 0 Å². The van der Waals surface area contributed by atoms with E-state index < -0.39 is 11.9 Å². The van der Waals surface area contributed by atoms with E-state index in [1.807, 2.05) is 31.2 Å². The van der Waals surface area contributed by atoms with Crippen molar-refractivity contribution < 1.29 is 19.5 Å². The van der Waals surface area contributed by atoms with E-state index in [0.29, 0.717) is 24.8 Å². The van der Waals surface area contributed by atoms with Crippen molar-refractivity contribution in [3.8, 4) is 0 Å². The monoisotopic (exact) mass is 380 g/mol. The van der Waals surface area contributed by atoms with Crippen LogP contribution in [-0.4, -0.2) is 36.5 Å². The molecular weight excluding hydrogens is 356 g/mol. The Labute approximate surface area is 164 Å². The molecule has 1 aliphatic heterocycles. The second-order valence-corrected chi connectivity index (χ2v) is 7.23. The molecule has 28 heavy (non-hydrogen) atoms. The van der Waals surface area contributed by atoms with E-state index in [2.05, 4.69) is 5.32 Å². The second kappa shape index (κ2) is 8.25.